The molecule has 2 rings (SSSR count). The summed E-state index contributed by atoms with van der Waals surface area (Å²) in [5.41, 5.74) is 7.67. The number of aromatic nitrogens is 2. The zero-order chi connectivity index (χ0) is 14.5. The van der Waals surface area contributed by atoms with Gasteiger partial charge in [-0.3, -0.25) is 4.79 Å². The lowest BCUT2D eigenvalue weighted by Gasteiger charge is -2.15. The summed E-state index contributed by atoms with van der Waals surface area (Å²) in [5.74, 6) is 0.379. The van der Waals surface area contributed by atoms with E-state index in [2.05, 4.69) is 10.3 Å². The highest BCUT2D eigenvalue weighted by atomic mass is 16.1. The van der Waals surface area contributed by atoms with E-state index in [9.17, 15) is 4.79 Å². The minimum absolute atomic E-state index is 0.00901. The summed E-state index contributed by atoms with van der Waals surface area (Å²) in [6.07, 6.45) is 3.33. The summed E-state index contributed by atoms with van der Waals surface area (Å²) in [6.45, 7) is 5.10. The van der Waals surface area contributed by atoms with Gasteiger partial charge in [0, 0.05) is 25.5 Å². The highest BCUT2D eigenvalue weighted by Gasteiger charge is 2.09. The molecule has 1 aromatic carbocycles. The maximum Gasteiger partial charge on any atom is 0.293 e. The molecule has 1 aromatic heterocycles. The van der Waals surface area contributed by atoms with Gasteiger partial charge in [-0.25, -0.2) is 4.98 Å². The predicted octanol–water partition coefficient (Wildman–Crippen LogP) is 1.89. The molecule has 0 amide bonds. The van der Waals surface area contributed by atoms with E-state index < -0.39 is 0 Å². The number of hydrogen-bond acceptors (Lipinski definition) is 4. The number of nitrogens with zero attached hydrogens (tertiary/aromatic N) is 2. The maximum atomic E-state index is 12.1. The van der Waals surface area contributed by atoms with Gasteiger partial charge in [-0.2, -0.15) is 0 Å². The third-order valence-electron chi connectivity index (χ3n) is 3.32. The zero-order valence-electron chi connectivity index (χ0n) is 11.8. The number of nitrogens with one attached hydrogen (secondary N) is 1. The van der Waals surface area contributed by atoms with Crippen molar-refractivity contribution in [2.45, 2.75) is 33.0 Å². The highest BCUT2D eigenvalue weighted by molar-refractivity contribution is 5.36. The first-order valence-corrected chi connectivity index (χ1v) is 6.76. The zero-order valence-corrected chi connectivity index (χ0v) is 11.8. The van der Waals surface area contributed by atoms with Crippen LogP contribution in [0.4, 0.5) is 5.82 Å². The van der Waals surface area contributed by atoms with Crippen molar-refractivity contribution in [3.8, 4) is 0 Å². The molecule has 0 fully saturated rings. The molecule has 0 aliphatic carbocycles. The second-order valence-corrected chi connectivity index (χ2v) is 4.68. The Bertz CT molecular complexity index is 619. The number of hydrogen-bond donors (Lipinski definition) is 2. The lowest BCUT2D eigenvalue weighted by atomic mass is 10.1. The van der Waals surface area contributed by atoms with E-state index in [1.54, 1.807) is 17.0 Å². The minimum atomic E-state index is -0.0968. The van der Waals surface area contributed by atoms with Crippen molar-refractivity contribution in [2.24, 2.45) is 5.73 Å². The Hall–Kier alpha value is -2.14. The molecule has 0 spiro atoms. The van der Waals surface area contributed by atoms with Crippen molar-refractivity contribution in [3.63, 3.8) is 0 Å². The van der Waals surface area contributed by atoms with Crippen LogP contribution in [0, 0.1) is 0 Å². The number of anilines is 1. The fourth-order valence-corrected chi connectivity index (χ4v) is 2.03. The molecule has 1 atom stereocenters. The molecule has 0 aliphatic heterocycles. The van der Waals surface area contributed by atoms with Crippen molar-refractivity contribution < 1.29 is 0 Å². The SMILES string of the molecule is CCn1ccnc(NC(C)c2ccc(CN)cc2)c1=O. The van der Waals surface area contributed by atoms with Crippen molar-refractivity contribution in [3.05, 3.63) is 58.1 Å². The van der Waals surface area contributed by atoms with Crippen LogP contribution in [0.5, 0.6) is 0 Å². The Morgan fingerprint density at radius 3 is 2.65 bits per heavy atom. The molecule has 20 heavy (non-hydrogen) atoms. The monoisotopic (exact) mass is 272 g/mol. The van der Waals surface area contributed by atoms with E-state index in [4.69, 9.17) is 5.73 Å². The van der Waals surface area contributed by atoms with Gasteiger partial charge in [0.1, 0.15) is 0 Å². The summed E-state index contributed by atoms with van der Waals surface area (Å²) in [7, 11) is 0. The first kappa shape index (κ1) is 14.3. The third kappa shape index (κ3) is 3.05. The Morgan fingerprint density at radius 2 is 2.05 bits per heavy atom. The molecule has 0 bridgehead atoms. The quantitative estimate of drug-likeness (QED) is 0.872. The van der Waals surface area contributed by atoms with Crippen LogP contribution in [0.15, 0.2) is 41.5 Å². The van der Waals surface area contributed by atoms with Gasteiger partial charge in [0.15, 0.2) is 5.82 Å². The Morgan fingerprint density at radius 1 is 1.35 bits per heavy atom. The molecular formula is C15H20N4O. The molecule has 1 unspecified atom stereocenters. The molecule has 5 nitrogen and oxygen atoms in total. The fourth-order valence-electron chi connectivity index (χ4n) is 2.03. The third-order valence-corrected chi connectivity index (χ3v) is 3.32. The van der Waals surface area contributed by atoms with E-state index >= 15 is 0 Å². The van der Waals surface area contributed by atoms with Gasteiger partial charge in [0.25, 0.3) is 5.56 Å². The second-order valence-electron chi connectivity index (χ2n) is 4.68. The van der Waals surface area contributed by atoms with Crippen LogP contribution in [-0.2, 0) is 13.1 Å². The summed E-state index contributed by atoms with van der Waals surface area (Å²) in [6, 6.07) is 8.03. The Kier molecular flexibility index (Phi) is 4.53. The first-order chi connectivity index (χ1) is 9.65. The molecule has 1 heterocycles. The second kappa shape index (κ2) is 6.34. The van der Waals surface area contributed by atoms with Crippen molar-refractivity contribution in [2.75, 3.05) is 5.32 Å². The molecule has 2 aromatic rings. The maximum absolute atomic E-state index is 12.1. The molecule has 5 heteroatoms. The summed E-state index contributed by atoms with van der Waals surface area (Å²) < 4.78 is 1.62. The lowest BCUT2D eigenvalue weighted by Crippen LogP contribution is -2.24. The van der Waals surface area contributed by atoms with Crippen molar-refractivity contribution in [1.82, 2.24) is 9.55 Å². The molecular weight excluding hydrogens is 252 g/mol. The minimum Gasteiger partial charge on any atom is -0.359 e. The number of aryl methyl sites for hydroxylation is 1. The fraction of sp³-hybridized carbons (Fsp3) is 0.333. The topological polar surface area (TPSA) is 72.9 Å². The Labute approximate surface area is 118 Å². The summed E-state index contributed by atoms with van der Waals surface area (Å²) in [4.78, 5) is 16.2. The van der Waals surface area contributed by atoms with Crippen molar-refractivity contribution >= 4 is 5.82 Å². The van der Waals surface area contributed by atoms with Crippen LogP contribution >= 0.6 is 0 Å². The van der Waals surface area contributed by atoms with E-state index in [1.807, 2.05) is 38.1 Å². The molecule has 0 radical (unpaired) electrons. The predicted molar refractivity (Wildman–Crippen MR) is 80.5 cm³/mol. The number of nitrogens with two attached hydrogens (primary N) is 1. The number of benzene rings is 1. The lowest BCUT2D eigenvalue weighted by molar-refractivity contribution is 0.714. The first-order valence-electron chi connectivity index (χ1n) is 6.76. The van der Waals surface area contributed by atoms with Crippen LogP contribution in [0.3, 0.4) is 0 Å². The van der Waals surface area contributed by atoms with Crippen LogP contribution < -0.4 is 16.6 Å². The highest BCUT2D eigenvalue weighted by Crippen LogP contribution is 2.16. The molecule has 0 saturated carbocycles. The van der Waals surface area contributed by atoms with Gasteiger partial charge in [0.2, 0.25) is 0 Å². The summed E-state index contributed by atoms with van der Waals surface area (Å²) in [5, 5.41) is 3.16. The van der Waals surface area contributed by atoms with Crippen LogP contribution in [0.25, 0.3) is 0 Å². The van der Waals surface area contributed by atoms with Gasteiger partial charge in [-0.1, -0.05) is 24.3 Å². The van der Waals surface area contributed by atoms with Crippen LogP contribution in [0.1, 0.15) is 31.0 Å². The summed E-state index contributed by atoms with van der Waals surface area (Å²) >= 11 is 0. The molecule has 106 valence electrons. The molecule has 0 aliphatic rings. The standard InChI is InChI=1S/C15H20N4O/c1-3-19-9-8-17-14(15(19)20)18-11(2)13-6-4-12(10-16)5-7-13/h4-9,11H,3,10,16H2,1-2H3,(H,17,18). The van der Waals surface area contributed by atoms with E-state index in [-0.39, 0.29) is 11.6 Å². The average Bonchev–Trinajstić information content (AvgIpc) is 2.49. The van der Waals surface area contributed by atoms with Gasteiger partial charge in [0.05, 0.1) is 6.04 Å². The number of rotatable bonds is 5. The van der Waals surface area contributed by atoms with E-state index in [1.165, 1.54) is 0 Å². The molecule has 0 saturated heterocycles. The van der Waals surface area contributed by atoms with Gasteiger partial charge in [-0.05, 0) is 25.0 Å². The molecule has 3 N–H and O–H groups in total. The average molecular weight is 272 g/mol. The smallest absolute Gasteiger partial charge is 0.293 e. The van der Waals surface area contributed by atoms with Gasteiger partial charge in [-0.15, -0.1) is 0 Å². The van der Waals surface area contributed by atoms with E-state index in [0.717, 1.165) is 11.1 Å². The van der Waals surface area contributed by atoms with Gasteiger partial charge >= 0.3 is 0 Å². The Balaban J connectivity index is 2.18. The van der Waals surface area contributed by atoms with E-state index in [0.29, 0.717) is 18.9 Å². The van der Waals surface area contributed by atoms with Crippen molar-refractivity contribution in [1.29, 1.82) is 0 Å². The van der Waals surface area contributed by atoms with Crippen LogP contribution in [0.2, 0.25) is 0 Å². The largest absolute Gasteiger partial charge is 0.359 e. The van der Waals surface area contributed by atoms with Crippen LogP contribution in [-0.4, -0.2) is 9.55 Å². The normalized spacial score (nSPS) is 12.2. The van der Waals surface area contributed by atoms with Gasteiger partial charge < -0.3 is 15.6 Å².